The van der Waals surface area contributed by atoms with Gasteiger partial charge in [0.2, 0.25) is 0 Å². The SMILES string of the molecule is CCN(CC)C(C)(C)C(C)(C)C. The molecule has 0 unspecified atom stereocenters. The van der Waals surface area contributed by atoms with Gasteiger partial charge < -0.3 is 0 Å². The molecule has 0 aliphatic rings. The Hall–Kier alpha value is -0.0400. The molecule has 0 fully saturated rings. The largest absolute Gasteiger partial charge is 0.298 e. The summed E-state index contributed by atoms with van der Waals surface area (Å²) in [4.78, 5) is 2.52. The molecule has 0 aliphatic heterocycles. The van der Waals surface area contributed by atoms with Crippen LogP contribution in [-0.2, 0) is 0 Å². The van der Waals surface area contributed by atoms with Gasteiger partial charge in [0, 0.05) is 5.54 Å². The van der Waals surface area contributed by atoms with Crippen molar-refractivity contribution in [2.75, 3.05) is 13.1 Å². The first-order chi connectivity index (χ1) is 5.27. The summed E-state index contributed by atoms with van der Waals surface area (Å²) >= 11 is 0. The summed E-state index contributed by atoms with van der Waals surface area (Å²) in [5.41, 5.74) is 0.634. The zero-order chi connectivity index (χ0) is 9.99. The second-order valence-electron chi connectivity index (χ2n) is 4.98. The van der Waals surface area contributed by atoms with Gasteiger partial charge in [0.1, 0.15) is 0 Å². The molecular formula is C11H25N. The van der Waals surface area contributed by atoms with E-state index in [-0.39, 0.29) is 5.54 Å². The lowest BCUT2D eigenvalue weighted by atomic mass is 9.75. The lowest BCUT2D eigenvalue weighted by Gasteiger charge is -2.47. The smallest absolute Gasteiger partial charge is 0.0201 e. The molecule has 0 amide bonds. The van der Waals surface area contributed by atoms with E-state index < -0.39 is 0 Å². The van der Waals surface area contributed by atoms with Gasteiger partial charge in [-0.2, -0.15) is 0 Å². The fourth-order valence-corrected chi connectivity index (χ4v) is 1.49. The Balaban J connectivity index is 4.57. The van der Waals surface area contributed by atoms with Crippen LogP contribution in [0.2, 0.25) is 0 Å². The first-order valence-corrected chi connectivity index (χ1v) is 5.02. The third-order valence-electron chi connectivity index (χ3n) is 3.39. The Bertz CT molecular complexity index is 126. The molecule has 0 radical (unpaired) electrons. The number of nitrogens with zero attached hydrogens (tertiary/aromatic N) is 1. The van der Waals surface area contributed by atoms with Gasteiger partial charge in [0.15, 0.2) is 0 Å². The van der Waals surface area contributed by atoms with Crippen LogP contribution in [0.25, 0.3) is 0 Å². The van der Waals surface area contributed by atoms with E-state index in [2.05, 4.69) is 53.4 Å². The zero-order valence-corrected chi connectivity index (χ0v) is 9.86. The molecule has 0 saturated heterocycles. The van der Waals surface area contributed by atoms with E-state index >= 15 is 0 Å². The van der Waals surface area contributed by atoms with Gasteiger partial charge in [-0.1, -0.05) is 34.6 Å². The summed E-state index contributed by atoms with van der Waals surface area (Å²) in [6.45, 7) is 18.3. The minimum atomic E-state index is 0.288. The predicted molar refractivity (Wildman–Crippen MR) is 56.5 cm³/mol. The molecular weight excluding hydrogens is 146 g/mol. The average Bonchev–Trinajstić information content (AvgIpc) is 1.87. The van der Waals surface area contributed by atoms with Crippen molar-refractivity contribution in [1.29, 1.82) is 0 Å². The average molecular weight is 171 g/mol. The van der Waals surface area contributed by atoms with E-state index in [1.165, 1.54) is 0 Å². The van der Waals surface area contributed by atoms with Crippen molar-refractivity contribution in [2.24, 2.45) is 5.41 Å². The number of hydrogen-bond acceptors (Lipinski definition) is 1. The third kappa shape index (κ3) is 2.22. The van der Waals surface area contributed by atoms with Crippen LogP contribution in [0.5, 0.6) is 0 Å². The lowest BCUT2D eigenvalue weighted by Crippen LogP contribution is -2.52. The highest BCUT2D eigenvalue weighted by molar-refractivity contribution is 4.91. The van der Waals surface area contributed by atoms with Gasteiger partial charge in [-0.3, -0.25) is 4.90 Å². The molecule has 0 aromatic carbocycles. The highest BCUT2D eigenvalue weighted by Crippen LogP contribution is 2.34. The molecule has 0 spiro atoms. The molecule has 0 rings (SSSR count). The van der Waals surface area contributed by atoms with Crippen LogP contribution >= 0.6 is 0 Å². The quantitative estimate of drug-likeness (QED) is 0.630. The van der Waals surface area contributed by atoms with E-state index in [1.807, 2.05) is 0 Å². The van der Waals surface area contributed by atoms with Crippen LogP contribution in [0.3, 0.4) is 0 Å². The van der Waals surface area contributed by atoms with Gasteiger partial charge in [-0.15, -0.1) is 0 Å². The van der Waals surface area contributed by atoms with Gasteiger partial charge in [0.25, 0.3) is 0 Å². The normalized spacial score (nSPS) is 14.0. The Kier molecular flexibility index (Phi) is 3.77. The number of hydrogen-bond donors (Lipinski definition) is 0. The van der Waals surface area contributed by atoms with Gasteiger partial charge in [-0.05, 0) is 32.4 Å². The van der Waals surface area contributed by atoms with Crippen LogP contribution < -0.4 is 0 Å². The van der Waals surface area contributed by atoms with Crippen molar-refractivity contribution in [3.8, 4) is 0 Å². The molecule has 0 bridgehead atoms. The van der Waals surface area contributed by atoms with Crippen LogP contribution in [0, 0.1) is 5.41 Å². The Morgan fingerprint density at radius 1 is 0.833 bits per heavy atom. The number of rotatable bonds is 3. The summed E-state index contributed by atoms with van der Waals surface area (Å²) in [6.07, 6.45) is 0. The maximum absolute atomic E-state index is 2.52. The molecule has 1 nitrogen and oxygen atoms in total. The minimum Gasteiger partial charge on any atom is -0.298 e. The molecule has 12 heavy (non-hydrogen) atoms. The van der Waals surface area contributed by atoms with Crippen molar-refractivity contribution < 1.29 is 0 Å². The minimum absolute atomic E-state index is 0.288. The van der Waals surface area contributed by atoms with E-state index in [0.717, 1.165) is 13.1 Å². The Morgan fingerprint density at radius 3 is 1.25 bits per heavy atom. The molecule has 0 saturated carbocycles. The maximum atomic E-state index is 2.52. The molecule has 0 atom stereocenters. The zero-order valence-electron chi connectivity index (χ0n) is 9.86. The summed E-state index contributed by atoms with van der Waals surface area (Å²) < 4.78 is 0. The van der Waals surface area contributed by atoms with E-state index in [9.17, 15) is 0 Å². The Morgan fingerprint density at radius 2 is 1.17 bits per heavy atom. The molecule has 0 heterocycles. The van der Waals surface area contributed by atoms with Crippen LogP contribution in [0.4, 0.5) is 0 Å². The van der Waals surface area contributed by atoms with Crippen molar-refractivity contribution >= 4 is 0 Å². The van der Waals surface area contributed by atoms with E-state index in [0.29, 0.717) is 5.41 Å². The van der Waals surface area contributed by atoms with Gasteiger partial charge in [0.05, 0.1) is 0 Å². The fraction of sp³-hybridized carbons (Fsp3) is 1.00. The molecule has 0 N–H and O–H groups in total. The summed E-state index contributed by atoms with van der Waals surface area (Å²) in [5.74, 6) is 0. The van der Waals surface area contributed by atoms with Crippen molar-refractivity contribution in [2.45, 2.75) is 54.0 Å². The molecule has 0 aromatic heterocycles. The summed E-state index contributed by atoms with van der Waals surface area (Å²) in [6, 6.07) is 0. The highest BCUT2D eigenvalue weighted by Gasteiger charge is 2.36. The van der Waals surface area contributed by atoms with Gasteiger partial charge in [-0.25, -0.2) is 0 Å². The second-order valence-corrected chi connectivity index (χ2v) is 4.98. The van der Waals surface area contributed by atoms with Crippen LogP contribution in [0.15, 0.2) is 0 Å². The highest BCUT2D eigenvalue weighted by atomic mass is 15.2. The van der Waals surface area contributed by atoms with E-state index in [1.54, 1.807) is 0 Å². The van der Waals surface area contributed by atoms with Crippen molar-refractivity contribution in [3.05, 3.63) is 0 Å². The topological polar surface area (TPSA) is 3.24 Å². The lowest BCUT2D eigenvalue weighted by molar-refractivity contribution is 0.0302. The summed E-state index contributed by atoms with van der Waals surface area (Å²) in [5, 5.41) is 0. The third-order valence-corrected chi connectivity index (χ3v) is 3.39. The van der Waals surface area contributed by atoms with Crippen molar-refractivity contribution in [3.63, 3.8) is 0 Å². The van der Waals surface area contributed by atoms with Crippen LogP contribution in [-0.4, -0.2) is 23.5 Å². The molecule has 1 heteroatoms. The molecule has 74 valence electrons. The van der Waals surface area contributed by atoms with E-state index in [4.69, 9.17) is 0 Å². The predicted octanol–water partition coefficient (Wildman–Crippen LogP) is 3.15. The van der Waals surface area contributed by atoms with Gasteiger partial charge >= 0.3 is 0 Å². The summed E-state index contributed by atoms with van der Waals surface area (Å²) in [7, 11) is 0. The first-order valence-electron chi connectivity index (χ1n) is 5.02. The van der Waals surface area contributed by atoms with Crippen LogP contribution in [0.1, 0.15) is 48.5 Å². The molecule has 0 aliphatic carbocycles. The Labute approximate surface area is 78.1 Å². The maximum Gasteiger partial charge on any atom is 0.0201 e. The van der Waals surface area contributed by atoms with Crippen molar-refractivity contribution in [1.82, 2.24) is 4.90 Å². The first kappa shape index (κ1) is 12.0. The monoisotopic (exact) mass is 171 g/mol. The second kappa shape index (κ2) is 3.78. The molecule has 0 aromatic rings. The fourth-order valence-electron chi connectivity index (χ4n) is 1.49. The standard InChI is InChI=1S/C11H25N/c1-8-12(9-2)11(6,7)10(3,4)5/h8-9H2,1-7H3.